The van der Waals surface area contributed by atoms with E-state index in [4.69, 9.17) is 11.6 Å². The van der Waals surface area contributed by atoms with Gasteiger partial charge in [-0.25, -0.2) is 0 Å². The van der Waals surface area contributed by atoms with E-state index in [1.54, 1.807) is 18.3 Å². The first kappa shape index (κ1) is 18.2. The van der Waals surface area contributed by atoms with Gasteiger partial charge in [0.15, 0.2) is 0 Å². The summed E-state index contributed by atoms with van der Waals surface area (Å²) in [6.45, 7) is 3.17. The Labute approximate surface area is 152 Å². The first-order chi connectivity index (χ1) is 11.8. The SMILES string of the molecule is CC(C(=O)Nc1ccc(Cl)c(C(F)(F)F)c1)N1CCc2sccc2C1. The zero-order valence-electron chi connectivity index (χ0n) is 13.4. The molecule has 8 heteroatoms. The van der Waals surface area contributed by atoms with Gasteiger partial charge in [0, 0.05) is 23.7 Å². The van der Waals surface area contributed by atoms with Gasteiger partial charge in [-0.3, -0.25) is 9.69 Å². The van der Waals surface area contributed by atoms with Crippen molar-refractivity contribution in [3.8, 4) is 0 Å². The van der Waals surface area contributed by atoms with Crippen LogP contribution in [-0.2, 0) is 23.9 Å². The maximum absolute atomic E-state index is 12.9. The second-order valence-corrected chi connectivity index (χ2v) is 7.35. The Hall–Kier alpha value is -1.57. The van der Waals surface area contributed by atoms with E-state index in [1.165, 1.54) is 16.5 Å². The van der Waals surface area contributed by atoms with Crippen LogP contribution < -0.4 is 5.32 Å². The monoisotopic (exact) mass is 388 g/mol. The molecule has 0 fully saturated rings. The quantitative estimate of drug-likeness (QED) is 0.818. The number of fused-ring (bicyclic) bond motifs is 1. The van der Waals surface area contributed by atoms with E-state index < -0.39 is 17.8 Å². The standard InChI is InChI=1S/C17H16ClF3N2OS/c1-10(23-6-4-15-11(9-23)5-7-25-15)16(24)22-12-2-3-14(18)13(8-12)17(19,20)21/h2-3,5,7-8,10H,4,6,9H2,1H3,(H,22,24). The van der Waals surface area contributed by atoms with Crippen LogP contribution in [0, 0.1) is 0 Å². The van der Waals surface area contributed by atoms with Gasteiger partial charge in [0.05, 0.1) is 16.6 Å². The molecule has 1 aliphatic rings. The number of alkyl halides is 3. The van der Waals surface area contributed by atoms with Crippen LogP contribution in [0.4, 0.5) is 18.9 Å². The number of anilines is 1. The number of halogens is 4. The number of amides is 1. The minimum atomic E-state index is -4.56. The van der Waals surface area contributed by atoms with Crippen molar-refractivity contribution in [1.82, 2.24) is 4.90 Å². The van der Waals surface area contributed by atoms with Gasteiger partial charge in [-0.15, -0.1) is 11.3 Å². The molecular formula is C17H16ClF3N2OS. The third-order valence-corrected chi connectivity index (χ3v) is 5.66. The largest absolute Gasteiger partial charge is 0.417 e. The van der Waals surface area contributed by atoms with Gasteiger partial charge in [-0.2, -0.15) is 13.2 Å². The van der Waals surface area contributed by atoms with Gasteiger partial charge in [0.25, 0.3) is 0 Å². The fraction of sp³-hybridized carbons (Fsp3) is 0.353. The molecule has 0 saturated carbocycles. The molecule has 3 nitrogen and oxygen atoms in total. The molecular weight excluding hydrogens is 373 g/mol. The predicted molar refractivity (Wildman–Crippen MR) is 93.0 cm³/mol. The number of thiophene rings is 1. The highest BCUT2D eigenvalue weighted by molar-refractivity contribution is 7.10. The topological polar surface area (TPSA) is 32.3 Å². The van der Waals surface area contributed by atoms with Gasteiger partial charge in [0.2, 0.25) is 5.91 Å². The van der Waals surface area contributed by atoms with E-state index >= 15 is 0 Å². The van der Waals surface area contributed by atoms with Gasteiger partial charge < -0.3 is 5.32 Å². The maximum atomic E-state index is 12.9. The number of carbonyl (C=O) groups is 1. The summed E-state index contributed by atoms with van der Waals surface area (Å²) in [6.07, 6.45) is -3.69. The summed E-state index contributed by atoms with van der Waals surface area (Å²) < 4.78 is 38.8. The number of nitrogens with zero attached hydrogens (tertiary/aromatic N) is 1. The Balaban J connectivity index is 1.70. The van der Waals surface area contributed by atoms with E-state index in [9.17, 15) is 18.0 Å². The minimum Gasteiger partial charge on any atom is -0.325 e. The molecule has 0 spiro atoms. The molecule has 0 aliphatic carbocycles. The molecule has 134 valence electrons. The highest BCUT2D eigenvalue weighted by atomic mass is 35.5. The van der Waals surface area contributed by atoms with Crippen molar-refractivity contribution in [2.24, 2.45) is 0 Å². The molecule has 25 heavy (non-hydrogen) atoms. The van der Waals surface area contributed by atoms with Crippen molar-refractivity contribution < 1.29 is 18.0 Å². The van der Waals surface area contributed by atoms with Crippen LogP contribution in [0.1, 0.15) is 22.9 Å². The molecule has 1 amide bonds. The van der Waals surface area contributed by atoms with E-state index in [-0.39, 0.29) is 16.6 Å². The van der Waals surface area contributed by atoms with Crippen molar-refractivity contribution >= 4 is 34.5 Å². The van der Waals surface area contributed by atoms with E-state index in [0.29, 0.717) is 6.54 Å². The van der Waals surface area contributed by atoms with Crippen LogP contribution >= 0.6 is 22.9 Å². The van der Waals surface area contributed by atoms with Crippen molar-refractivity contribution in [1.29, 1.82) is 0 Å². The molecule has 1 aliphatic heterocycles. The van der Waals surface area contributed by atoms with Crippen LogP contribution in [0.5, 0.6) is 0 Å². The van der Waals surface area contributed by atoms with E-state index in [1.807, 2.05) is 16.3 Å². The minimum absolute atomic E-state index is 0.0850. The number of carbonyl (C=O) groups excluding carboxylic acids is 1. The predicted octanol–water partition coefficient (Wildman–Crippen LogP) is 4.81. The number of nitrogens with one attached hydrogen (secondary N) is 1. The fourth-order valence-electron chi connectivity index (χ4n) is 2.83. The third-order valence-electron chi connectivity index (χ3n) is 4.30. The number of benzene rings is 1. The van der Waals surface area contributed by atoms with Gasteiger partial charge in [0.1, 0.15) is 0 Å². The molecule has 2 heterocycles. The summed E-state index contributed by atoms with van der Waals surface area (Å²) in [5, 5.41) is 4.20. The number of rotatable bonds is 3. The van der Waals surface area contributed by atoms with Crippen molar-refractivity contribution in [2.75, 3.05) is 11.9 Å². The molecule has 3 rings (SSSR count). The Morgan fingerprint density at radius 3 is 2.84 bits per heavy atom. The Bertz CT molecular complexity index is 790. The lowest BCUT2D eigenvalue weighted by atomic mass is 10.1. The van der Waals surface area contributed by atoms with Crippen LogP contribution in [0.25, 0.3) is 0 Å². The normalized spacial score (nSPS) is 16.4. The van der Waals surface area contributed by atoms with Crippen molar-refractivity contribution in [3.63, 3.8) is 0 Å². The second-order valence-electron chi connectivity index (χ2n) is 5.95. The number of hydrogen-bond donors (Lipinski definition) is 1. The molecule has 1 N–H and O–H groups in total. The molecule has 1 aromatic carbocycles. The molecule has 1 unspecified atom stereocenters. The molecule has 0 bridgehead atoms. The highest BCUT2D eigenvalue weighted by Crippen LogP contribution is 2.36. The molecule has 2 aromatic rings. The zero-order chi connectivity index (χ0) is 18.2. The zero-order valence-corrected chi connectivity index (χ0v) is 14.9. The second kappa shape index (κ2) is 6.97. The third kappa shape index (κ3) is 3.99. The average molecular weight is 389 g/mol. The Morgan fingerprint density at radius 1 is 1.36 bits per heavy atom. The van der Waals surface area contributed by atoms with Gasteiger partial charge >= 0.3 is 6.18 Å². The summed E-state index contributed by atoms with van der Waals surface area (Å²) >= 11 is 7.31. The smallest absolute Gasteiger partial charge is 0.325 e. The molecule has 0 saturated heterocycles. The first-order valence-corrected chi connectivity index (χ1v) is 8.98. The molecule has 1 aromatic heterocycles. The fourth-order valence-corrected chi connectivity index (χ4v) is 3.95. The van der Waals surface area contributed by atoms with Gasteiger partial charge in [-0.1, -0.05) is 11.6 Å². The Morgan fingerprint density at radius 2 is 2.12 bits per heavy atom. The van der Waals surface area contributed by atoms with Gasteiger partial charge in [-0.05, 0) is 48.6 Å². The first-order valence-electron chi connectivity index (χ1n) is 7.72. The summed E-state index contributed by atoms with van der Waals surface area (Å²) in [7, 11) is 0. The molecule has 0 radical (unpaired) electrons. The summed E-state index contributed by atoms with van der Waals surface area (Å²) in [4.78, 5) is 15.8. The summed E-state index contributed by atoms with van der Waals surface area (Å²) in [5.74, 6) is -0.339. The number of hydrogen-bond acceptors (Lipinski definition) is 3. The van der Waals surface area contributed by atoms with Crippen LogP contribution in [0.15, 0.2) is 29.6 Å². The lowest BCUT2D eigenvalue weighted by Gasteiger charge is -2.31. The average Bonchev–Trinajstić information content (AvgIpc) is 3.02. The highest BCUT2D eigenvalue weighted by Gasteiger charge is 2.34. The Kier molecular flexibility index (Phi) is 5.09. The van der Waals surface area contributed by atoms with Crippen LogP contribution in [0.3, 0.4) is 0 Å². The maximum Gasteiger partial charge on any atom is 0.417 e. The molecule has 1 atom stereocenters. The van der Waals surface area contributed by atoms with E-state index in [2.05, 4.69) is 5.32 Å². The van der Waals surface area contributed by atoms with E-state index in [0.717, 1.165) is 25.1 Å². The van der Waals surface area contributed by atoms with Crippen molar-refractivity contribution in [3.05, 3.63) is 50.7 Å². The lowest BCUT2D eigenvalue weighted by molar-refractivity contribution is -0.137. The van der Waals surface area contributed by atoms with Crippen molar-refractivity contribution in [2.45, 2.75) is 32.1 Å². The summed E-state index contributed by atoms with van der Waals surface area (Å²) in [5.41, 5.74) is 0.337. The van der Waals surface area contributed by atoms with Crippen LogP contribution in [-0.4, -0.2) is 23.4 Å². The van der Waals surface area contributed by atoms with Crippen LogP contribution in [0.2, 0.25) is 5.02 Å². The summed E-state index contributed by atoms with van der Waals surface area (Å²) in [6, 6.07) is 4.97. The lowest BCUT2D eigenvalue weighted by Crippen LogP contribution is -2.44.